The Morgan fingerprint density at radius 3 is 2.44 bits per heavy atom. The number of rotatable bonds is 5. The Morgan fingerprint density at radius 2 is 1.94 bits per heavy atom. The number of hydrogen-bond acceptors (Lipinski definition) is 2. The molecule has 0 aliphatic carbocycles. The van der Waals surface area contributed by atoms with Gasteiger partial charge in [0.2, 0.25) is 0 Å². The lowest BCUT2D eigenvalue weighted by atomic mass is 10.0. The molecule has 0 bridgehead atoms. The van der Waals surface area contributed by atoms with E-state index < -0.39 is 8.32 Å². The van der Waals surface area contributed by atoms with Crippen LogP contribution in [0.25, 0.3) is 0 Å². The van der Waals surface area contributed by atoms with E-state index in [9.17, 15) is 0 Å². The molecule has 1 aliphatic heterocycles. The Hall–Kier alpha value is -0.303. The van der Waals surface area contributed by atoms with Crippen LogP contribution in [0.4, 0.5) is 0 Å². The van der Waals surface area contributed by atoms with Gasteiger partial charge < -0.3 is 9.16 Å². The fraction of sp³-hybridized carbons (Fsp3) is 0.867. The van der Waals surface area contributed by atoms with E-state index in [0.29, 0.717) is 0 Å². The van der Waals surface area contributed by atoms with Crippen molar-refractivity contribution in [3.8, 4) is 11.8 Å². The molecule has 1 saturated heterocycles. The molecule has 0 aromatic carbocycles. The molecular weight excluding hydrogens is 240 g/mol. The normalized spacial score (nSPS) is 27.6. The molecule has 1 aliphatic rings. The SMILES string of the molecule is CC#CCC[C@@]1(C)O[C@H]1CO[Si](C)(C)C(C)(C)C. The summed E-state index contributed by atoms with van der Waals surface area (Å²) in [6, 6.07) is 0. The molecule has 0 spiro atoms. The first kappa shape index (κ1) is 15.8. The summed E-state index contributed by atoms with van der Waals surface area (Å²) in [7, 11) is -1.64. The van der Waals surface area contributed by atoms with Crippen LogP contribution in [0.3, 0.4) is 0 Å². The van der Waals surface area contributed by atoms with Gasteiger partial charge in [-0.1, -0.05) is 20.8 Å². The molecule has 18 heavy (non-hydrogen) atoms. The molecule has 0 aromatic heterocycles. The van der Waals surface area contributed by atoms with Crippen LogP contribution in [-0.4, -0.2) is 26.6 Å². The summed E-state index contributed by atoms with van der Waals surface area (Å²) in [4.78, 5) is 0. The van der Waals surface area contributed by atoms with Crippen molar-refractivity contribution in [2.75, 3.05) is 6.61 Å². The van der Waals surface area contributed by atoms with E-state index in [0.717, 1.165) is 19.4 Å². The lowest BCUT2D eigenvalue weighted by Gasteiger charge is -2.36. The predicted octanol–water partition coefficient (Wildman–Crippen LogP) is 3.97. The first-order valence-electron chi connectivity index (χ1n) is 6.84. The minimum Gasteiger partial charge on any atom is -0.414 e. The second-order valence-electron chi connectivity index (χ2n) is 6.92. The van der Waals surface area contributed by atoms with Crippen molar-refractivity contribution in [1.29, 1.82) is 0 Å². The largest absolute Gasteiger partial charge is 0.414 e. The van der Waals surface area contributed by atoms with Crippen molar-refractivity contribution < 1.29 is 9.16 Å². The summed E-state index contributed by atoms with van der Waals surface area (Å²) < 4.78 is 12.0. The van der Waals surface area contributed by atoms with Crippen molar-refractivity contribution in [3.05, 3.63) is 0 Å². The topological polar surface area (TPSA) is 21.8 Å². The highest BCUT2D eigenvalue weighted by Gasteiger charge is 2.52. The van der Waals surface area contributed by atoms with E-state index in [4.69, 9.17) is 9.16 Å². The Morgan fingerprint density at radius 1 is 1.33 bits per heavy atom. The maximum Gasteiger partial charge on any atom is 0.192 e. The average molecular weight is 268 g/mol. The van der Waals surface area contributed by atoms with E-state index in [-0.39, 0.29) is 16.7 Å². The molecule has 0 saturated carbocycles. The minimum absolute atomic E-state index is 0.00616. The molecule has 0 unspecified atom stereocenters. The molecule has 1 rings (SSSR count). The summed E-state index contributed by atoms with van der Waals surface area (Å²) in [5.41, 5.74) is 0.00616. The van der Waals surface area contributed by atoms with Gasteiger partial charge in [-0.2, -0.15) is 0 Å². The van der Waals surface area contributed by atoms with E-state index in [2.05, 4.69) is 52.6 Å². The van der Waals surface area contributed by atoms with Gasteiger partial charge >= 0.3 is 0 Å². The van der Waals surface area contributed by atoms with Gasteiger partial charge in [0.25, 0.3) is 0 Å². The highest BCUT2D eigenvalue weighted by molar-refractivity contribution is 6.74. The van der Waals surface area contributed by atoms with Crippen LogP contribution in [-0.2, 0) is 9.16 Å². The molecule has 0 N–H and O–H groups in total. The minimum atomic E-state index is -1.64. The molecule has 0 radical (unpaired) electrons. The molecule has 1 heterocycles. The van der Waals surface area contributed by atoms with Crippen LogP contribution in [0.15, 0.2) is 0 Å². The Balaban J connectivity index is 2.36. The lowest BCUT2D eigenvalue weighted by molar-refractivity contribution is 0.235. The fourth-order valence-corrected chi connectivity index (χ4v) is 2.66. The maximum absolute atomic E-state index is 6.20. The average Bonchev–Trinajstić information content (AvgIpc) is 2.86. The zero-order chi connectivity index (χ0) is 14.0. The van der Waals surface area contributed by atoms with Gasteiger partial charge in [0.15, 0.2) is 8.32 Å². The number of ether oxygens (including phenoxy) is 1. The van der Waals surface area contributed by atoms with Gasteiger partial charge in [-0.05, 0) is 38.4 Å². The smallest absolute Gasteiger partial charge is 0.192 e. The first-order chi connectivity index (χ1) is 8.12. The van der Waals surface area contributed by atoms with Crippen molar-refractivity contribution >= 4 is 8.32 Å². The van der Waals surface area contributed by atoms with Crippen LogP contribution in [0.2, 0.25) is 18.1 Å². The Bertz CT molecular complexity index is 346. The summed E-state index contributed by atoms with van der Waals surface area (Å²) >= 11 is 0. The van der Waals surface area contributed by atoms with E-state index >= 15 is 0 Å². The van der Waals surface area contributed by atoms with E-state index in [1.54, 1.807) is 0 Å². The molecule has 104 valence electrons. The van der Waals surface area contributed by atoms with Gasteiger partial charge in [-0.3, -0.25) is 0 Å². The Labute approximate surface area is 114 Å². The van der Waals surface area contributed by atoms with Crippen molar-refractivity contribution in [2.24, 2.45) is 0 Å². The third-order valence-corrected chi connectivity index (χ3v) is 8.86. The van der Waals surface area contributed by atoms with Crippen LogP contribution < -0.4 is 0 Å². The fourth-order valence-electron chi connectivity index (χ4n) is 1.66. The maximum atomic E-state index is 6.20. The number of epoxide rings is 1. The van der Waals surface area contributed by atoms with Gasteiger partial charge in [0.05, 0.1) is 12.2 Å². The standard InChI is InChI=1S/C15H28O2Si/c1-8-9-10-11-15(5)13(17-15)12-16-18(6,7)14(2,3)4/h13H,10-12H2,1-7H3/t13-,15+/m0/s1. The van der Waals surface area contributed by atoms with Gasteiger partial charge in [-0.25, -0.2) is 0 Å². The quantitative estimate of drug-likeness (QED) is 0.427. The zero-order valence-corrected chi connectivity index (χ0v) is 14.0. The van der Waals surface area contributed by atoms with Crippen LogP contribution in [0.5, 0.6) is 0 Å². The van der Waals surface area contributed by atoms with Gasteiger partial charge in [-0.15, -0.1) is 11.8 Å². The zero-order valence-electron chi connectivity index (χ0n) is 13.0. The van der Waals surface area contributed by atoms with Gasteiger partial charge in [0.1, 0.15) is 6.10 Å². The highest BCUT2D eigenvalue weighted by atomic mass is 28.4. The lowest BCUT2D eigenvalue weighted by Crippen LogP contribution is -2.42. The second kappa shape index (κ2) is 5.36. The summed E-state index contributed by atoms with van der Waals surface area (Å²) in [5.74, 6) is 6.03. The number of hydrogen-bond donors (Lipinski definition) is 0. The van der Waals surface area contributed by atoms with Crippen LogP contribution >= 0.6 is 0 Å². The van der Waals surface area contributed by atoms with Crippen LogP contribution in [0.1, 0.15) is 47.5 Å². The van der Waals surface area contributed by atoms with Crippen molar-refractivity contribution in [2.45, 2.75) is 77.3 Å². The summed E-state index contributed by atoms with van der Waals surface area (Å²) in [6.07, 6.45) is 2.20. The molecule has 1 fully saturated rings. The van der Waals surface area contributed by atoms with Crippen molar-refractivity contribution in [3.63, 3.8) is 0 Å². The molecule has 2 atom stereocenters. The van der Waals surface area contributed by atoms with Crippen molar-refractivity contribution in [1.82, 2.24) is 0 Å². The van der Waals surface area contributed by atoms with Crippen LogP contribution in [0, 0.1) is 11.8 Å². The van der Waals surface area contributed by atoms with E-state index in [1.807, 2.05) is 6.92 Å². The predicted molar refractivity (Wildman–Crippen MR) is 79.1 cm³/mol. The second-order valence-corrected chi connectivity index (χ2v) is 11.7. The van der Waals surface area contributed by atoms with Gasteiger partial charge in [0, 0.05) is 6.42 Å². The molecule has 2 nitrogen and oxygen atoms in total. The third kappa shape index (κ3) is 3.84. The summed E-state index contributed by atoms with van der Waals surface area (Å²) in [5, 5.41) is 0.270. The molecule has 0 aromatic rings. The monoisotopic (exact) mass is 268 g/mol. The first-order valence-corrected chi connectivity index (χ1v) is 9.74. The van der Waals surface area contributed by atoms with E-state index in [1.165, 1.54) is 0 Å². The summed E-state index contributed by atoms with van der Waals surface area (Å²) in [6.45, 7) is 16.2. The molecular formula is C15H28O2Si. The molecule has 0 amide bonds. The molecule has 3 heteroatoms. The third-order valence-electron chi connectivity index (χ3n) is 4.36. The Kier molecular flexibility index (Phi) is 4.69. The highest BCUT2D eigenvalue weighted by Crippen LogP contribution is 2.42.